The molecule has 1 N–H and O–H groups in total. The van der Waals surface area contributed by atoms with Crippen LogP contribution in [0.15, 0.2) is 28.7 Å². The first-order chi connectivity index (χ1) is 12.5. The molecule has 26 heavy (non-hydrogen) atoms. The van der Waals surface area contributed by atoms with E-state index >= 15 is 0 Å². The summed E-state index contributed by atoms with van der Waals surface area (Å²) in [5.74, 6) is 1.13. The van der Waals surface area contributed by atoms with Gasteiger partial charge < -0.3 is 10.1 Å². The van der Waals surface area contributed by atoms with Gasteiger partial charge in [0, 0.05) is 11.0 Å². The van der Waals surface area contributed by atoms with Crippen molar-refractivity contribution in [3.05, 3.63) is 50.3 Å². The quantitative estimate of drug-likeness (QED) is 0.680. The van der Waals surface area contributed by atoms with Crippen LogP contribution in [0, 0.1) is 17.2 Å². The number of nitriles is 1. The van der Waals surface area contributed by atoms with Gasteiger partial charge in [-0.25, -0.2) is 0 Å². The van der Waals surface area contributed by atoms with Crippen LogP contribution in [0.5, 0.6) is 5.75 Å². The number of fused-ring (bicyclic) bond motifs is 1. The molecule has 1 aliphatic rings. The van der Waals surface area contributed by atoms with Gasteiger partial charge in [-0.1, -0.05) is 13.0 Å². The number of ether oxygens (including phenoxy) is 1. The standard InChI is InChI=1S/C20H19BrN2O2S/c1-12-3-6-14-15(11-22)20(26-18(14)9-12)23-19(24)8-5-13-4-7-17(25-2)16(21)10-13/h4-5,7-8,10,12H,3,6,9H2,1-2H3,(H,23,24)/b8-5+/t12-/m0/s1. The van der Waals surface area contributed by atoms with Crippen LogP contribution in [-0.4, -0.2) is 13.0 Å². The van der Waals surface area contributed by atoms with Crippen molar-refractivity contribution in [2.24, 2.45) is 5.92 Å². The highest BCUT2D eigenvalue weighted by atomic mass is 79.9. The van der Waals surface area contributed by atoms with Gasteiger partial charge in [-0.15, -0.1) is 11.3 Å². The van der Waals surface area contributed by atoms with Crippen molar-refractivity contribution in [3.63, 3.8) is 0 Å². The maximum absolute atomic E-state index is 12.3. The molecule has 1 atom stereocenters. The Balaban J connectivity index is 1.74. The molecule has 0 saturated carbocycles. The molecule has 0 saturated heterocycles. The van der Waals surface area contributed by atoms with Gasteiger partial charge in [-0.05, 0) is 70.4 Å². The molecule has 2 aromatic rings. The number of thiophene rings is 1. The number of hydrogen-bond acceptors (Lipinski definition) is 4. The Morgan fingerprint density at radius 2 is 2.31 bits per heavy atom. The summed E-state index contributed by atoms with van der Waals surface area (Å²) in [6, 6.07) is 7.86. The second-order valence-corrected chi connectivity index (χ2v) is 8.34. The first-order valence-corrected chi connectivity index (χ1v) is 10.00. The predicted octanol–water partition coefficient (Wildman–Crippen LogP) is 5.17. The Bertz CT molecular complexity index is 911. The summed E-state index contributed by atoms with van der Waals surface area (Å²) in [4.78, 5) is 13.5. The van der Waals surface area contributed by atoms with E-state index < -0.39 is 0 Å². The third kappa shape index (κ3) is 4.00. The van der Waals surface area contributed by atoms with Crippen LogP contribution in [0.2, 0.25) is 0 Å². The third-order valence-electron chi connectivity index (χ3n) is 4.46. The van der Waals surface area contributed by atoms with Crippen molar-refractivity contribution in [3.8, 4) is 11.8 Å². The summed E-state index contributed by atoms with van der Waals surface area (Å²) in [5.41, 5.74) is 2.63. The van der Waals surface area contributed by atoms with Crippen molar-refractivity contribution in [1.82, 2.24) is 0 Å². The molecule has 1 aliphatic carbocycles. The van der Waals surface area contributed by atoms with E-state index in [1.54, 1.807) is 13.2 Å². The zero-order chi connectivity index (χ0) is 18.7. The molecule has 1 aromatic carbocycles. The molecule has 4 nitrogen and oxygen atoms in total. The largest absolute Gasteiger partial charge is 0.496 e. The van der Waals surface area contributed by atoms with E-state index in [4.69, 9.17) is 4.74 Å². The molecule has 0 unspecified atom stereocenters. The SMILES string of the molecule is COc1ccc(/C=C/C(=O)Nc2sc3c(c2C#N)CC[C@H](C)C3)cc1Br. The number of methoxy groups -OCH3 is 1. The molecule has 1 heterocycles. The number of anilines is 1. The van der Waals surface area contributed by atoms with Gasteiger partial charge in [-0.2, -0.15) is 5.26 Å². The number of nitrogens with one attached hydrogen (secondary N) is 1. The van der Waals surface area contributed by atoms with E-state index in [1.165, 1.54) is 22.3 Å². The van der Waals surface area contributed by atoms with Crippen LogP contribution in [0.4, 0.5) is 5.00 Å². The number of carbonyl (C=O) groups is 1. The minimum Gasteiger partial charge on any atom is -0.496 e. The van der Waals surface area contributed by atoms with Gasteiger partial charge in [0.1, 0.15) is 16.8 Å². The van der Waals surface area contributed by atoms with E-state index in [9.17, 15) is 10.1 Å². The highest BCUT2D eigenvalue weighted by Gasteiger charge is 2.24. The van der Waals surface area contributed by atoms with E-state index in [0.717, 1.165) is 40.6 Å². The number of benzene rings is 1. The van der Waals surface area contributed by atoms with Gasteiger partial charge in [0.25, 0.3) is 0 Å². The van der Waals surface area contributed by atoms with Gasteiger partial charge in [0.15, 0.2) is 0 Å². The lowest BCUT2D eigenvalue weighted by atomic mass is 9.89. The van der Waals surface area contributed by atoms with Crippen LogP contribution in [0.3, 0.4) is 0 Å². The fraction of sp³-hybridized carbons (Fsp3) is 0.300. The van der Waals surface area contributed by atoms with Crippen molar-refractivity contribution in [2.75, 3.05) is 12.4 Å². The third-order valence-corrected chi connectivity index (χ3v) is 6.25. The van der Waals surface area contributed by atoms with Crippen molar-refractivity contribution < 1.29 is 9.53 Å². The summed E-state index contributed by atoms with van der Waals surface area (Å²) in [5, 5.41) is 13.0. The second-order valence-electron chi connectivity index (χ2n) is 6.38. The average Bonchev–Trinajstić information content (AvgIpc) is 2.95. The Morgan fingerprint density at radius 1 is 1.50 bits per heavy atom. The monoisotopic (exact) mass is 430 g/mol. The second kappa shape index (κ2) is 8.07. The Morgan fingerprint density at radius 3 is 3.00 bits per heavy atom. The fourth-order valence-corrected chi connectivity index (χ4v) is 4.99. The smallest absolute Gasteiger partial charge is 0.249 e. The molecular formula is C20H19BrN2O2S. The van der Waals surface area contributed by atoms with Crippen LogP contribution >= 0.6 is 27.3 Å². The van der Waals surface area contributed by atoms with Gasteiger partial charge >= 0.3 is 0 Å². The summed E-state index contributed by atoms with van der Waals surface area (Å²) < 4.78 is 6.03. The zero-order valence-corrected chi connectivity index (χ0v) is 17.0. The Labute approximate surface area is 165 Å². The summed E-state index contributed by atoms with van der Waals surface area (Å²) in [6.45, 7) is 2.22. The highest BCUT2D eigenvalue weighted by Crippen LogP contribution is 2.39. The number of carbonyl (C=O) groups excluding carboxylic acids is 1. The lowest BCUT2D eigenvalue weighted by Gasteiger charge is -2.17. The van der Waals surface area contributed by atoms with Crippen LogP contribution < -0.4 is 10.1 Å². The van der Waals surface area contributed by atoms with E-state index in [0.29, 0.717) is 16.5 Å². The molecule has 1 aromatic heterocycles. The van der Waals surface area contributed by atoms with E-state index in [2.05, 4.69) is 34.2 Å². The molecule has 1 amide bonds. The van der Waals surface area contributed by atoms with E-state index in [1.807, 2.05) is 18.2 Å². The molecule has 0 radical (unpaired) electrons. The van der Waals surface area contributed by atoms with E-state index in [-0.39, 0.29) is 5.91 Å². The van der Waals surface area contributed by atoms with Crippen LogP contribution in [0.1, 0.15) is 34.9 Å². The van der Waals surface area contributed by atoms with Crippen molar-refractivity contribution in [1.29, 1.82) is 5.26 Å². The maximum Gasteiger partial charge on any atom is 0.249 e. The fourth-order valence-electron chi connectivity index (χ4n) is 3.07. The molecule has 0 spiro atoms. The first-order valence-electron chi connectivity index (χ1n) is 8.39. The molecule has 0 aliphatic heterocycles. The normalized spacial score (nSPS) is 16.2. The van der Waals surface area contributed by atoms with Crippen molar-refractivity contribution >= 4 is 44.3 Å². The summed E-state index contributed by atoms with van der Waals surface area (Å²) in [7, 11) is 1.61. The molecule has 0 bridgehead atoms. The molecular weight excluding hydrogens is 412 g/mol. The minimum atomic E-state index is -0.236. The number of nitrogens with zero attached hydrogens (tertiary/aromatic N) is 1. The molecule has 6 heteroatoms. The maximum atomic E-state index is 12.3. The van der Waals surface area contributed by atoms with Gasteiger partial charge in [0.05, 0.1) is 17.1 Å². The zero-order valence-electron chi connectivity index (χ0n) is 14.6. The Kier molecular flexibility index (Phi) is 5.80. The van der Waals surface area contributed by atoms with Crippen LogP contribution in [0.25, 0.3) is 6.08 Å². The minimum absolute atomic E-state index is 0.236. The van der Waals surface area contributed by atoms with Crippen molar-refractivity contribution in [2.45, 2.75) is 26.2 Å². The predicted molar refractivity (Wildman–Crippen MR) is 109 cm³/mol. The molecule has 3 rings (SSSR count). The van der Waals surface area contributed by atoms with Gasteiger partial charge in [0.2, 0.25) is 5.91 Å². The Hall–Kier alpha value is -2.10. The lowest BCUT2D eigenvalue weighted by molar-refractivity contribution is -0.111. The topological polar surface area (TPSA) is 62.1 Å². The number of hydrogen-bond donors (Lipinski definition) is 1. The lowest BCUT2D eigenvalue weighted by Crippen LogP contribution is -2.10. The van der Waals surface area contributed by atoms with Gasteiger partial charge in [-0.3, -0.25) is 4.79 Å². The number of halogens is 1. The number of amides is 1. The summed E-state index contributed by atoms with van der Waals surface area (Å²) >= 11 is 4.97. The highest BCUT2D eigenvalue weighted by molar-refractivity contribution is 9.10. The first kappa shape index (κ1) is 18.7. The molecule has 0 fully saturated rings. The molecule has 134 valence electrons. The summed E-state index contributed by atoms with van der Waals surface area (Å²) in [6.07, 6.45) is 6.22. The average molecular weight is 431 g/mol. The van der Waals surface area contributed by atoms with Crippen LogP contribution in [-0.2, 0) is 17.6 Å². The number of rotatable bonds is 4.